The monoisotopic (exact) mass is 564 g/mol. The molecule has 2 aromatic carbocycles. The molecule has 0 unspecified atom stereocenters. The molecule has 0 radical (unpaired) electrons. The number of hydrogen-bond acceptors (Lipinski definition) is 7. The van der Waals surface area contributed by atoms with Gasteiger partial charge in [0.2, 0.25) is 0 Å². The fourth-order valence-electron chi connectivity index (χ4n) is 4.16. The van der Waals surface area contributed by atoms with Crippen LogP contribution in [0.3, 0.4) is 0 Å². The number of carbonyl (C=O) groups is 2. The number of fused-ring (bicyclic) bond motifs is 1. The average Bonchev–Trinajstić information content (AvgIpc) is 3.23. The number of anilines is 2. The Morgan fingerprint density at radius 3 is 2.44 bits per heavy atom. The Balaban J connectivity index is 1.73. The molecule has 0 fully saturated rings. The molecule has 4 rings (SSSR count). The minimum atomic E-state index is -4.87. The van der Waals surface area contributed by atoms with Crippen molar-refractivity contribution in [2.24, 2.45) is 5.73 Å². The van der Waals surface area contributed by atoms with E-state index in [0.29, 0.717) is 28.7 Å². The van der Waals surface area contributed by atoms with Gasteiger partial charge >= 0.3 is 6.18 Å². The average molecular weight is 565 g/mol. The van der Waals surface area contributed by atoms with Crippen LogP contribution in [0.1, 0.15) is 43.4 Å². The molecule has 0 spiro atoms. The summed E-state index contributed by atoms with van der Waals surface area (Å²) < 4.78 is 43.2. The minimum absolute atomic E-state index is 0.0253. The number of nitriles is 1. The zero-order chi connectivity index (χ0) is 29.9. The molecule has 0 aliphatic heterocycles. The van der Waals surface area contributed by atoms with Crippen LogP contribution in [0, 0.1) is 18.3 Å². The summed E-state index contributed by atoms with van der Waals surface area (Å²) >= 11 is 0. The van der Waals surface area contributed by atoms with E-state index >= 15 is 0 Å². The third kappa shape index (κ3) is 6.62. The number of amides is 2. The topological polar surface area (TPSA) is 142 Å². The molecule has 4 N–H and O–H groups in total. The van der Waals surface area contributed by atoms with Crippen LogP contribution >= 0.6 is 0 Å². The fraction of sp³-hybridized carbons (Fsp3) is 0.250. The highest BCUT2D eigenvalue weighted by molar-refractivity contribution is 6.14. The van der Waals surface area contributed by atoms with Crippen molar-refractivity contribution in [3.05, 3.63) is 82.3 Å². The largest absolute Gasteiger partial charge is 0.437 e. The second-order valence-electron chi connectivity index (χ2n) is 9.61. The molecule has 0 saturated carbocycles. The highest BCUT2D eigenvalue weighted by atomic mass is 19.4. The van der Waals surface area contributed by atoms with Crippen LogP contribution in [0.4, 0.5) is 24.5 Å². The van der Waals surface area contributed by atoms with Crippen molar-refractivity contribution < 1.29 is 22.8 Å². The van der Waals surface area contributed by atoms with Gasteiger partial charge < -0.3 is 21.3 Å². The van der Waals surface area contributed by atoms with Crippen molar-refractivity contribution >= 4 is 34.1 Å². The SMILES string of the molecule is Cc1c(NC(=O)c2cc(C(N)=O)nc3ccc(NCCN(C)C)cc23)c(C(F)(F)F)nn1Cc1ccc(C#N)cc1. The molecule has 2 heterocycles. The lowest BCUT2D eigenvalue weighted by atomic mass is 10.1. The van der Waals surface area contributed by atoms with E-state index in [1.165, 1.54) is 6.92 Å². The Morgan fingerprint density at radius 1 is 1.12 bits per heavy atom. The fourth-order valence-corrected chi connectivity index (χ4v) is 4.16. The van der Waals surface area contributed by atoms with Gasteiger partial charge in [-0.1, -0.05) is 12.1 Å². The van der Waals surface area contributed by atoms with Crippen molar-refractivity contribution in [2.45, 2.75) is 19.6 Å². The van der Waals surface area contributed by atoms with Crippen LogP contribution < -0.4 is 16.4 Å². The first kappa shape index (κ1) is 29.0. The number of carbonyl (C=O) groups excluding carboxylic acids is 2. The molecule has 2 amide bonds. The van der Waals surface area contributed by atoms with E-state index in [-0.39, 0.29) is 29.0 Å². The van der Waals surface area contributed by atoms with E-state index in [1.807, 2.05) is 25.1 Å². The molecular weight excluding hydrogens is 537 g/mol. The van der Waals surface area contributed by atoms with Crippen LogP contribution in [-0.2, 0) is 12.7 Å². The molecule has 0 aliphatic carbocycles. The highest BCUT2D eigenvalue weighted by Gasteiger charge is 2.39. The lowest BCUT2D eigenvalue weighted by molar-refractivity contribution is -0.140. The number of likely N-dealkylation sites (N-methyl/N-ethyl adjacent to an activating group) is 1. The van der Waals surface area contributed by atoms with Crippen molar-refractivity contribution in [1.29, 1.82) is 5.26 Å². The maximum Gasteiger partial charge on any atom is 0.437 e. The van der Waals surface area contributed by atoms with Gasteiger partial charge in [0, 0.05) is 24.2 Å². The summed E-state index contributed by atoms with van der Waals surface area (Å²) in [6, 6.07) is 14.4. The number of hydrogen-bond donors (Lipinski definition) is 3. The minimum Gasteiger partial charge on any atom is -0.384 e. The number of pyridine rings is 1. The number of alkyl halides is 3. The summed E-state index contributed by atoms with van der Waals surface area (Å²) in [7, 11) is 3.84. The van der Waals surface area contributed by atoms with E-state index in [4.69, 9.17) is 11.0 Å². The molecule has 212 valence electrons. The second-order valence-corrected chi connectivity index (χ2v) is 9.61. The molecule has 0 atom stereocenters. The van der Waals surface area contributed by atoms with E-state index < -0.39 is 29.4 Å². The Kier molecular flexibility index (Phi) is 8.25. The first-order valence-corrected chi connectivity index (χ1v) is 12.5. The number of primary amides is 1. The van der Waals surface area contributed by atoms with Crippen molar-refractivity contribution in [3.8, 4) is 6.07 Å². The Morgan fingerprint density at radius 2 is 1.83 bits per heavy atom. The molecular formula is C28H27F3N8O2. The van der Waals surface area contributed by atoms with E-state index in [2.05, 4.69) is 20.7 Å². The predicted octanol–water partition coefficient (Wildman–Crippen LogP) is 4.00. The molecule has 0 aliphatic rings. The normalized spacial score (nSPS) is 11.5. The number of nitrogens with two attached hydrogens (primary N) is 1. The van der Waals surface area contributed by atoms with Gasteiger partial charge in [-0.25, -0.2) is 4.98 Å². The summed E-state index contributed by atoms with van der Waals surface area (Å²) in [5.41, 5.74) is 5.37. The van der Waals surface area contributed by atoms with Gasteiger partial charge in [-0.3, -0.25) is 14.3 Å². The second kappa shape index (κ2) is 11.6. The van der Waals surface area contributed by atoms with Crippen LogP contribution in [0.5, 0.6) is 0 Å². The molecule has 13 heteroatoms. The molecule has 0 saturated heterocycles. The van der Waals surface area contributed by atoms with E-state index in [9.17, 15) is 22.8 Å². The third-order valence-corrected chi connectivity index (χ3v) is 6.32. The van der Waals surface area contributed by atoms with Crippen LogP contribution in [0.15, 0.2) is 48.5 Å². The van der Waals surface area contributed by atoms with Gasteiger partial charge in [0.15, 0.2) is 5.69 Å². The summed E-state index contributed by atoms with van der Waals surface area (Å²) in [6.45, 7) is 2.71. The lowest BCUT2D eigenvalue weighted by Crippen LogP contribution is -2.21. The van der Waals surface area contributed by atoms with Gasteiger partial charge in [0.25, 0.3) is 11.8 Å². The summed E-state index contributed by atoms with van der Waals surface area (Å²) in [5, 5.41) is 18.6. The Hall–Kier alpha value is -4.96. The van der Waals surface area contributed by atoms with Crippen LogP contribution in [0.2, 0.25) is 0 Å². The van der Waals surface area contributed by atoms with Crippen molar-refractivity contribution in [2.75, 3.05) is 37.8 Å². The molecule has 0 bridgehead atoms. The summed E-state index contributed by atoms with van der Waals surface area (Å²) in [6.07, 6.45) is -4.87. The summed E-state index contributed by atoms with van der Waals surface area (Å²) in [4.78, 5) is 31.7. The van der Waals surface area contributed by atoms with Crippen LogP contribution in [-0.4, -0.2) is 58.7 Å². The number of nitrogens with one attached hydrogen (secondary N) is 2. The maximum absolute atomic E-state index is 14.0. The van der Waals surface area contributed by atoms with E-state index in [1.54, 1.807) is 42.5 Å². The van der Waals surface area contributed by atoms with Gasteiger partial charge in [-0.15, -0.1) is 0 Å². The number of halogens is 3. The Labute approximate surface area is 233 Å². The zero-order valence-electron chi connectivity index (χ0n) is 22.5. The molecule has 4 aromatic rings. The number of benzene rings is 2. The first-order valence-electron chi connectivity index (χ1n) is 12.5. The van der Waals surface area contributed by atoms with Gasteiger partial charge in [-0.2, -0.15) is 23.5 Å². The third-order valence-electron chi connectivity index (χ3n) is 6.32. The van der Waals surface area contributed by atoms with Gasteiger partial charge in [-0.05, 0) is 63.0 Å². The summed E-state index contributed by atoms with van der Waals surface area (Å²) in [5.74, 6) is -1.78. The van der Waals surface area contributed by atoms with Crippen molar-refractivity contribution in [3.63, 3.8) is 0 Å². The molecule has 2 aromatic heterocycles. The van der Waals surface area contributed by atoms with Gasteiger partial charge in [0.05, 0.1) is 40.6 Å². The number of aromatic nitrogens is 3. The quantitative estimate of drug-likeness (QED) is 0.279. The van der Waals surface area contributed by atoms with Crippen molar-refractivity contribution in [1.82, 2.24) is 19.7 Å². The highest BCUT2D eigenvalue weighted by Crippen LogP contribution is 2.36. The zero-order valence-corrected chi connectivity index (χ0v) is 22.5. The first-order chi connectivity index (χ1) is 19.4. The maximum atomic E-state index is 14.0. The van der Waals surface area contributed by atoms with Crippen LogP contribution in [0.25, 0.3) is 10.9 Å². The molecule has 41 heavy (non-hydrogen) atoms. The number of rotatable bonds is 9. The van der Waals surface area contributed by atoms with Gasteiger partial charge in [0.1, 0.15) is 5.69 Å². The standard InChI is InChI=1S/C28H27F3N8O2/c1-16-24(25(28(29,30)31)37-39(16)15-18-6-4-17(14-32)5-7-18)36-27(41)21-13-23(26(33)40)35-22-9-8-19(12-20(21)22)34-10-11-38(2)3/h4-9,12-13,34H,10-11,15H2,1-3H3,(H2,33,40)(H,36,41). The van der Waals surface area contributed by atoms with E-state index in [0.717, 1.165) is 17.3 Å². The molecule has 10 nitrogen and oxygen atoms in total. The number of nitrogens with zero attached hydrogens (tertiary/aromatic N) is 5. The lowest BCUT2D eigenvalue weighted by Gasteiger charge is -2.14. The predicted molar refractivity (Wildman–Crippen MR) is 147 cm³/mol. The Bertz CT molecular complexity index is 1650. The smallest absolute Gasteiger partial charge is 0.384 e.